The van der Waals surface area contributed by atoms with E-state index < -0.39 is 35.2 Å². The van der Waals surface area contributed by atoms with E-state index in [1.54, 1.807) is 13.8 Å². The molecule has 1 atom stereocenters. The van der Waals surface area contributed by atoms with Gasteiger partial charge >= 0.3 is 11.9 Å². The minimum Gasteiger partial charge on any atom is -0.469 e. The number of rotatable bonds is 8. The second kappa shape index (κ2) is 8.03. The van der Waals surface area contributed by atoms with Gasteiger partial charge in [-0.3, -0.25) is 19.7 Å². The van der Waals surface area contributed by atoms with Gasteiger partial charge < -0.3 is 13.9 Å². The van der Waals surface area contributed by atoms with Crippen molar-refractivity contribution in [3.63, 3.8) is 0 Å². The van der Waals surface area contributed by atoms with E-state index in [0.717, 1.165) is 0 Å². The molecule has 8 heteroatoms. The van der Waals surface area contributed by atoms with Crippen LogP contribution in [-0.2, 0) is 19.1 Å². The van der Waals surface area contributed by atoms with Gasteiger partial charge in [-0.2, -0.15) is 0 Å². The SMILES string of the molecule is CCOC(=O)C(C(=O)OCC)C(C[N+](=O)[O-])c1ccco1. The number of ether oxygens (including phenoxy) is 2. The van der Waals surface area contributed by atoms with Gasteiger partial charge in [-0.05, 0) is 26.0 Å². The van der Waals surface area contributed by atoms with Gasteiger partial charge in [0.1, 0.15) is 11.7 Å². The van der Waals surface area contributed by atoms with Crippen molar-refractivity contribution in [1.82, 2.24) is 0 Å². The van der Waals surface area contributed by atoms with E-state index in [1.165, 1.54) is 18.4 Å². The van der Waals surface area contributed by atoms with Crippen molar-refractivity contribution in [3.05, 3.63) is 34.3 Å². The lowest BCUT2D eigenvalue weighted by atomic mass is 9.90. The molecule has 0 amide bonds. The van der Waals surface area contributed by atoms with Crippen LogP contribution in [0.3, 0.4) is 0 Å². The second-order valence-corrected chi connectivity index (χ2v) is 4.12. The first-order valence-corrected chi connectivity index (χ1v) is 6.49. The normalized spacial score (nSPS) is 12.0. The molecule has 0 spiro atoms. The first-order chi connectivity index (χ1) is 10.0. The summed E-state index contributed by atoms with van der Waals surface area (Å²) >= 11 is 0. The molecule has 0 aliphatic carbocycles. The Balaban J connectivity index is 3.12. The molecule has 0 radical (unpaired) electrons. The first kappa shape index (κ1) is 16.7. The van der Waals surface area contributed by atoms with Crippen LogP contribution in [-0.4, -0.2) is 36.6 Å². The zero-order valence-electron chi connectivity index (χ0n) is 11.8. The molecular weight excluding hydrogens is 282 g/mol. The molecule has 1 aromatic rings. The Hall–Kier alpha value is -2.38. The smallest absolute Gasteiger partial charge is 0.321 e. The van der Waals surface area contributed by atoms with Crippen LogP contribution < -0.4 is 0 Å². The van der Waals surface area contributed by atoms with E-state index in [0.29, 0.717) is 0 Å². The lowest BCUT2D eigenvalue weighted by molar-refractivity contribution is -0.484. The monoisotopic (exact) mass is 299 g/mol. The Morgan fingerprint density at radius 1 is 1.29 bits per heavy atom. The molecule has 116 valence electrons. The number of carbonyl (C=O) groups is 2. The zero-order chi connectivity index (χ0) is 15.8. The standard InChI is InChI=1S/C13H17NO7/c1-3-19-12(15)11(13(16)20-4-2)9(8-14(17)18)10-6-5-7-21-10/h5-7,9,11H,3-4,8H2,1-2H3. The van der Waals surface area contributed by atoms with Crippen molar-refractivity contribution in [2.45, 2.75) is 19.8 Å². The highest BCUT2D eigenvalue weighted by Gasteiger charge is 2.42. The third kappa shape index (κ3) is 4.59. The van der Waals surface area contributed by atoms with Gasteiger partial charge in [-0.25, -0.2) is 0 Å². The minimum absolute atomic E-state index is 0.0536. The van der Waals surface area contributed by atoms with Crippen molar-refractivity contribution < 1.29 is 28.4 Å². The summed E-state index contributed by atoms with van der Waals surface area (Å²) in [6, 6.07) is 3.00. The summed E-state index contributed by atoms with van der Waals surface area (Å²) in [6.07, 6.45) is 1.32. The summed E-state index contributed by atoms with van der Waals surface area (Å²) in [5.74, 6) is -4.06. The summed E-state index contributed by atoms with van der Waals surface area (Å²) < 4.78 is 14.8. The van der Waals surface area contributed by atoms with E-state index in [2.05, 4.69) is 0 Å². The molecule has 0 aromatic carbocycles. The third-order valence-electron chi connectivity index (χ3n) is 2.74. The number of hydrogen-bond donors (Lipinski definition) is 0. The maximum absolute atomic E-state index is 12.0. The number of esters is 2. The molecule has 1 rings (SSSR count). The van der Waals surface area contributed by atoms with E-state index in [4.69, 9.17) is 13.9 Å². The zero-order valence-corrected chi connectivity index (χ0v) is 11.8. The summed E-state index contributed by atoms with van der Waals surface area (Å²) in [5, 5.41) is 10.8. The van der Waals surface area contributed by atoms with Crippen LogP contribution in [0.15, 0.2) is 22.8 Å². The maximum Gasteiger partial charge on any atom is 0.321 e. The first-order valence-electron chi connectivity index (χ1n) is 6.49. The quantitative estimate of drug-likeness (QED) is 0.309. The maximum atomic E-state index is 12.0. The fourth-order valence-corrected chi connectivity index (χ4v) is 1.91. The Bertz CT molecular complexity index is 465. The number of nitrogens with zero attached hydrogens (tertiary/aromatic N) is 1. The fourth-order valence-electron chi connectivity index (χ4n) is 1.91. The highest BCUT2D eigenvalue weighted by atomic mass is 16.6. The predicted octanol–water partition coefficient (Wildman–Crippen LogP) is 1.38. The third-order valence-corrected chi connectivity index (χ3v) is 2.74. The van der Waals surface area contributed by atoms with Gasteiger partial charge in [0, 0.05) is 4.92 Å². The lowest BCUT2D eigenvalue weighted by Crippen LogP contribution is -2.36. The van der Waals surface area contributed by atoms with E-state index >= 15 is 0 Å². The van der Waals surface area contributed by atoms with Gasteiger partial charge in [0.15, 0.2) is 5.92 Å². The number of hydrogen-bond acceptors (Lipinski definition) is 7. The van der Waals surface area contributed by atoms with Crippen molar-refractivity contribution in [2.75, 3.05) is 19.8 Å². The number of furan rings is 1. The van der Waals surface area contributed by atoms with Crippen LogP contribution in [0.2, 0.25) is 0 Å². The van der Waals surface area contributed by atoms with Crippen LogP contribution >= 0.6 is 0 Å². The molecule has 0 saturated heterocycles. The Kier molecular flexibility index (Phi) is 6.38. The van der Waals surface area contributed by atoms with E-state index in [1.807, 2.05) is 0 Å². The number of nitro groups is 1. The molecule has 0 fully saturated rings. The molecule has 1 aromatic heterocycles. The Morgan fingerprint density at radius 3 is 2.24 bits per heavy atom. The summed E-state index contributed by atoms with van der Waals surface area (Å²) in [4.78, 5) is 34.2. The molecule has 21 heavy (non-hydrogen) atoms. The fraction of sp³-hybridized carbons (Fsp3) is 0.538. The van der Waals surface area contributed by atoms with Crippen molar-refractivity contribution in [3.8, 4) is 0 Å². The van der Waals surface area contributed by atoms with Crippen LogP contribution in [0.25, 0.3) is 0 Å². The Morgan fingerprint density at radius 2 is 1.86 bits per heavy atom. The van der Waals surface area contributed by atoms with Gasteiger partial charge in [-0.15, -0.1) is 0 Å². The molecule has 0 N–H and O–H groups in total. The average Bonchev–Trinajstić information content (AvgIpc) is 2.91. The van der Waals surface area contributed by atoms with Gasteiger partial charge in [-0.1, -0.05) is 0 Å². The van der Waals surface area contributed by atoms with Crippen LogP contribution in [0, 0.1) is 16.0 Å². The predicted molar refractivity (Wildman–Crippen MR) is 70.1 cm³/mol. The molecule has 0 bridgehead atoms. The second-order valence-electron chi connectivity index (χ2n) is 4.12. The highest BCUT2D eigenvalue weighted by molar-refractivity contribution is 5.96. The van der Waals surface area contributed by atoms with Crippen LogP contribution in [0.4, 0.5) is 0 Å². The van der Waals surface area contributed by atoms with Crippen LogP contribution in [0.1, 0.15) is 25.5 Å². The van der Waals surface area contributed by atoms with E-state index in [-0.39, 0.29) is 19.0 Å². The minimum atomic E-state index is -1.43. The molecule has 0 saturated carbocycles. The molecule has 8 nitrogen and oxygen atoms in total. The van der Waals surface area contributed by atoms with E-state index in [9.17, 15) is 19.7 Å². The van der Waals surface area contributed by atoms with Gasteiger partial charge in [0.25, 0.3) is 0 Å². The summed E-state index contributed by atoms with van der Waals surface area (Å²) in [6.45, 7) is 2.62. The van der Waals surface area contributed by atoms with Crippen LogP contribution in [0.5, 0.6) is 0 Å². The lowest BCUT2D eigenvalue weighted by Gasteiger charge is -2.19. The summed E-state index contributed by atoms with van der Waals surface area (Å²) in [5.41, 5.74) is 0. The summed E-state index contributed by atoms with van der Waals surface area (Å²) in [7, 11) is 0. The largest absolute Gasteiger partial charge is 0.469 e. The van der Waals surface area contributed by atoms with Crippen molar-refractivity contribution >= 4 is 11.9 Å². The molecule has 1 heterocycles. The Labute approximate surface area is 121 Å². The highest BCUT2D eigenvalue weighted by Crippen LogP contribution is 2.28. The molecule has 0 aliphatic rings. The topological polar surface area (TPSA) is 109 Å². The molecular formula is C13H17NO7. The average molecular weight is 299 g/mol. The van der Waals surface area contributed by atoms with Gasteiger partial charge in [0.05, 0.1) is 19.5 Å². The molecule has 0 aliphatic heterocycles. The molecule has 1 unspecified atom stereocenters. The van der Waals surface area contributed by atoms with Gasteiger partial charge in [0.2, 0.25) is 6.54 Å². The van der Waals surface area contributed by atoms with Crippen molar-refractivity contribution in [2.24, 2.45) is 5.92 Å². The number of carbonyl (C=O) groups excluding carboxylic acids is 2. The van der Waals surface area contributed by atoms with Crippen molar-refractivity contribution in [1.29, 1.82) is 0 Å².